The van der Waals surface area contributed by atoms with Crippen LogP contribution in [0.1, 0.15) is 42.3 Å². The van der Waals surface area contributed by atoms with Gasteiger partial charge in [-0.3, -0.25) is 0 Å². The summed E-state index contributed by atoms with van der Waals surface area (Å²) in [5.74, 6) is -1.57. The summed E-state index contributed by atoms with van der Waals surface area (Å²) in [5, 5.41) is 0. The van der Waals surface area contributed by atoms with E-state index in [1.807, 2.05) is 0 Å². The maximum Gasteiger partial charge on any atom is 0.417 e. The van der Waals surface area contributed by atoms with Crippen LogP contribution in [0.2, 0.25) is 0 Å². The molecule has 2 aromatic carbocycles. The highest BCUT2D eigenvalue weighted by Gasteiger charge is 2.41. The second-order valence-corrected chi connectivity index (χ2v) is 9.13. The molecule has 2 aromatic rings. The van der Waals surface area contributed by atoms with E-state index in [0.29, 0.717) is 18.2 Å². The van der Waals surface area contributed by atoms with E-state index < -0.39 is 60.2 Å². The zero-order valence-corrected chi connectivity index (χ0v) is 16.7. The first-order valence-corrected chi connectivity index (χ1v) is 9.79. The van der Waals surface area contributed by atoms with Gasteiger partial charge in [-0.1, -0.05) is 12.1 Å². The van der Waals surface area contributed by atoms with Crippen molar-refractivity contribution in [1.29, 1.82) is 0 Å². The molecule has 0 radical (unpaired) electrons. The first kappa shape index (κ1) is 23.7. The van der Waals surface area contributed by atoms with Crippen LogP contribution < -0.4 is 0 Å². The molecule has 164 valence electrons. The Morgan fingerprint density at radius 3 is 1.93 bits per heavy atom. The molecule has 11 heteroatoms. The number of halogens is 6. The van der Waals surface area contributed by atoms with Crippen LogP contribution in [0.25, 0.3) is 0 Å². The first-order chi connectivity index (χ1) is 13.4. The molecule has 0 spiro atoms. The van der Waals surface area contributed by atoms with Crippen molar-refractivity contribution in [2.75, 3.05) is 0 Å². The lowest BCUT2D eigenvalue weighted by molar-refractivity contribution is -0.138. The summed E-state index contributed by atoms with van der Waals surface area (Å²) in [7, 11) is -4.94. The Balaban J connectivity index is 2.79. The summed E-state index contributed by atoms with van der Waals surface area (Å²) in [6.07, 6.45) is -10.0. The van der Waals surface area contributed by atoms with Crippen molar-refractivity contribution in [2.45, 2.75) is 48.5 Å². The van der Waals surface area contributed by atoms with Gasteiger partial charge in [0.25, 0.3) is 0 Å². The molecule has 0 aromatic heterocycles. The number of carbonyl (C=O) groups is 1. The minimum Gasteiger partial charge on any atom is -0.456 e. The molecule has 0 bridgehead atoms. The van der Waals surface area contributed by atoms with Crippen molar-refractivity contribution in [3.05, 3.63) is 59.2 Å². The molecule has 0 aliphatic rings. The third-order valence-electron chi connectivity index (χ3n) is 3.70. The second kappa shape index (κ2) is 7.60. The number of ether oxygens (including phenoxy) is 1. The first-order valence-electron chi connectivity index (χ1n) is 8.30. The molecule has 0 fully saturated rings. The van der Waals surface area contributed by atoms with Gasteiger partial charge in [0.1, 0.15) is 5.60 Å². The monoisotopic (exact) mass is 454 g/mol. The van der Waals surface area contributed by atoms with E-state index in [-0.39, 0.29) is 6.07 Å². The van der Waals surface area contributed by atoms with Crippen LogP contribution >= 0.6 is 0 Å². The van der Waals surface area contributed by atoms with E-state index in [1.54, 1.807) is 0 Å². The van der Waals surface area contributed by atoms with Crippen molar-refractivity contribution in [3.8, 4) is 0 Å². The highest BCUT2D eigenvalue weighted by molar-refractivity contribution is 7.91. The molecule has 0 aliphatic carbocycles. The molecule has 0 atom stereocenters. The molecule has 0 N–H and O–H groups in total. The normalized spacial score (nSPS) is 13.2. The SMILES string of the molecule is CC(C)(C)OC(=O)c1c(C(F)(F)F)cccc1S(=O)(=O)c1cccc(C(F)(F)F)c1. The Labute approximate surface area is 168 Å². The van der Waals surface area contributed by atoms with Crippen LogP contribution in [-0.4, -0.2) is 20.0 Å². The number of esters is 1. The molecule has 30 heavy (non-hydrogen) atoms. The van der Waals surface area contributed by atoms with Crippen molar-refractivity contribution in [1.82, 2.24) is 0 Å². The summed E-state index contributed by atoms with van der Waals surface area (Å²) in [4.78, 5) is 10.5. The Morgan fingerprint density at radius 1 is 0.867 bits per heavy atom. The number of hydrogen-bond acceptors (Lipinski definition) is 4. The number of rotatable bonds is 3. The zero-order chi connectivity index (χ0) is 23.1. The largest absolute Gasteiger partial charge is 0.456 e. The Morgan fingerprint density at radius 2 is 1.43 bits per heavy atom. The highest BCUT2D eigenvalue weighted by Crippen LogP contribution is 2.38. The van der Waals surface area contributed by atoms with E-state index >= 15 is 0 Å². The van der Waals surface area contributed by atoms with Gasteiger partial charge >= 0.3 is 18.3 Å². The van der Waals surface area contributed by atoms with Crippen molar-refractivity contribution in [2.24, 2.45) is 0 Å². The van der Waals surface area contributed by atoms with E-state index in [2.05, 4.69) is 0 Å². The molecule has 0 amide bonds. The topological polar surface area (TPSA) is 60.4 Å². The predicted octanol–water partition coefficient (Wildman–Crippen LogP) is 5.51. The summed E-state index contributed by atoms with van der Waals surface area (Å²) < 4.78 is 110. The quantitative estimate of drug-likeness (QED) is 0.453. The average molecular weight is 454 g/mol. The van der Waals surface area contributed by atoms with E-state index in [1.165, 1.54) is 20.8 Å². The standard InChI is InChI=1S/C19H16F6O4S/c1-17(2,3)29-16(26)15-13(19(23,24)25)8-5-9-14(15)30(27,28)12-7-4-6-11(10-12)18(20,21)22/h4-10H,1-3H3. The van der Waals surface area contributed by atoms with Crippen LogP contribution in [0.3, 0.4) is 0 Å². The lowest BCUT2D eigenvalue weighted by Crippen LogP contribution is -2.27. The van der Waals surface area contributed by atoms with Crippen LogP contribution in [0.15, 0.2) is 52.3 Å². The van der Waals surface area contributed by atoms with Crippen molar-refractivity contribution >= 4 is 15.8 Å². The van der Waals surface area contributed by atoms with Gasteiger partial charge < -0.3 is 4.74 Å². The fraction of sp³-hybridized carbons (Fsp3) is 0.316. The van der Waals surface area contributed by atoms with E-state index in [4.69, 9.17) is 4.74 Å². The fourth-order valence-electron chi connectivity index (χ4n) is 2.50. The predicted molar refractivity (Wildman–Crippen MR) is 93.5 cm³/mol. The van der Waals surface area contributed by atoms with Crippen LogP contribution in [-0.2, 0) is 26.9 Å². The average Bonchev–Trinajstić information content (AvgIpc) is 2.58. The van der Waals surface area contributed by atoms with Crippen LogP contribution in [0.4, 0.5) is 26.3 Å². The lowest BCUT2D eigenvalue weighted by atomic mass is 10.1. The lowest BCUT2D eigenvalue weighted by Gasteiger charge is -2.22. The van der Waals surface area contributed by atoms with Gasteiger partial charge in [-0.2, -0.15) is 26.3 Å². The second-order valence-electron chi connectivity index (χ2n) is 7.21. The molecule has 0 heterocycles. The fourth-order valence-corrected chi connectivity index (χ4v) is 4.01. The van der Waals surface area contributed by atoms with Gasteiger partial charge in [0, 0.05) is 0 Å². The summed E-state index contributed by atoms with van der Waals surface area (Å²) >= 11 is 0. The number of carbonyl (C=O) groups excluding carboxylic acids is 1. The molecule has 0 unspecified atom stereocenters. The van der Waals surface area contributed by atoms with Gasteiger partial charge in [0.05, 0.1) is 26.5 Å². The third kappa shape index (κ3) is 5.13. The maximum absolute atomic E-state index is 13.5. The molecule has 0 saturated carbocycles. The molecular weight excluding hydrogens is 438 g/mol. The third-order valence-corrected chi connectivity index (χ3v) is 5.49. The summed E-state index contributed by atoms with van der Waals surface area (Å²) in [6, 6.07) is 4.44. The van der Waals surface area contributed by atoms with E-state index in [0.717, 1.165) is 18.2 Å². The van der Waals surface area contributed by atoms with Gasteiger partial charge in [-0.25, -0.2) is 13.2 Å². The molecule has 0 saturated heterocycles. The van der Waals surface area contributed by atoms with Crippen molar-refractivity contribution < 1.29 is 44.3 Å². The Hall–Kier alpha value is -2.56. The minimum absolute atomic E-state index is 0.286. The van der Waals surface area contributed by atoms with Crippen LogP contribution in [0, 0.1) is 0 Å². The minimum atomic E-state index is -5.12. The van der Waals surface area contributed by atoms with Gasteiger partial charge in [0.2, 0.25) is 9.84 Å². The van der Waals surface area contributed by atoms with E-state index in [9.17, 15) is 39.6 Å². The molecule has 4 nitrogen and oxygen atoms in total. The maximum atomic E-state index is 13.5. The Kier molecular flexibility index (Phi) is 6.01. The summed E-state index contributed by atoms with van der Waals surface area (Å²) in [5.41, 5.74) is -5.44. The smallest absolute Gasteiger partial charge is 0.417 e. The van der Waals surface area contributed by atoms with Gasteiger partial charge in [-0.05, 0) is 51.1 Å². The van der Waals surface area contributed by atoms with Crippen molar-refractivity contribution in [3.63, 3.8) is 0 Å². The highest BCUT2D eigenvalue weighted by atomic mass is 32.2. The van der Waals surface area contributed by atoms with Gasteiger partial charge in [-0.15, -0.1) is 0 Å². The molecular formula is C19H16F6O4S. The number of benzene rings is 2. The van der Waals surface area contributed by atoms with Crippen LogP contribution in [0.5, 0.6) is 0 Å². The molecule has 0 aliphatic heterocycles. The molecule has 2 rings (SSSR count). The van der Waals surface area contributed by atoms with Gasteiger partial charge in [0.15, 0.2) is 0 Å². The number of alkyl halides is 6. The zero-order valence-electron chi connectivity index (χ0n) is 15.9. The summed E-state index contributed by atoms with van der Waals surface area (Å²) in [6.45, 7) is 4.09. The Bertz CT molecular complexity index is 1060. The number of hydrogen-bond donors (Lipinski definition) is 0. The number of sulfone groups is 1.